The fourth-order valence-electron chi connectivity index (χ4n) is 8.04. The first-order valence-electron chi connectivity index (χ1n) is 15.9. The maximum atomic E-state index is 2.64. The predicted molar refractivity (Wildman–Crippen MR) is 181 cm³/mol. The minimum absolute atomic E-state index is 0.118. The van der Waals surface area contributed by atoms with Crippen LogP contribution in [0.15, 0.2) is 68.1 Å². The average Bonchev–Trinajstić information content (AvgIpc) is 2.90. The Hall–Kier alpha value is -1.98. The number of hydrogen-bond acceptors (Lipinski definition) is 4. The van der Waals surface area contributed by atoms with E-state index in [-0.39, 0.29) is 5.41 Å². The summed E-state index contributed by atoms with van der Waals surface area (Å²) in [6.45, 7) is 21.7. The van der Waals surface area contributed by atoms with Crippen LogP contribution < -0.4 is 26.2 Å². The summed E-state index contributed by atoms with van der Waals surface area (Å²) < 4.78 is 0. The molecular weight excluding hydrogens is 535 g/mol. The van der Waals surface area contributed by atoms with Gasteiger partial charge in [0.25, 0.3) is 0 Å². The second-order valence-corrected chi connectivity index (χ2v) is 17.1. The molecule has 0 bridgehead atoms. The Kier molecular flexibility index (Phi) is 7.01. The Morgan fingerprint density at radius 3 is 1.41 bits per heavy atom. The smallest absolute Gasteiger partial charge is 0.247 e. The zero-order valence-electron chi connectivity index (χ0n) is 26.0. The molecule has 4 atom stereocenters. The van der Waals surface area contributed by atoms with Gasteiger partial charge in [0.2, 0.25) is 6.71 Å². The van der Waals surface area contributed by atoms with Crippen LogP contribution in [0.2, 0.25) is 0 Å². The second kappa shape index (κ2) is 10.3. The summed E-state index contributed by atoms with van der Waals surface area (Å²) >= 11 is 4.02. The van der Waals surface area contributed by atoms with E-state index >= 15 is 0 Å². The molecule has 0 spiro atoms. The standard InChI is InChI=1S/C36H45BN2S2/c1-22-12-23(2)19-38(18-22)27-8-10-29-31(16-27)40-33-14-26(36(5,6)7)15-34-35(33)37(29)30-11-9-28(17-32(30)41-34)39-20-24(3)13-25(4)21-39/h8-11,14-17,22-25H,12-13,18-21H2,1-7H3. The van der Waals surface area contributed by atoms with Crippen molar-refractivity contribution in [1.29, 1.82) is 0 Å². The molecule has 5 heteroatoms. The molecule has 41 heavy (non-hydrogen) atoms. The van der Waals surface area contributed by atoms with E-state index in [0.29, 0.717) is 6.71 Å². The fourth-order valence-corrected chi connectivity index (χ4v) is 10.6. The molecule has 0 amide bonds. The molecule has 4 heterocycles. The number of rotatable bonds is 2. The monoisotopic (exact) mass is 580 g/mol. The van der Waals surface area contributed by atoms with Gasteiger partial charge in [0, 0.05) is 57.1 Å². The molecule has 2 fully saturated rings. The fraction of sp³-hybridized carbons (Fsp3) is 0.500. The lowest BCUT2D eigenvalue weighted by molar-refractivity contribution is 0.356. The van der Waals surface area contributed by atoms with E-state index in [0.717, 1.165) is 23.7 Å². The van der Waals surface area contributed by atoms with Gasteiger partial charge in [-0.2, -0.15) is 0 Å². The van der Waals surface area contributed by atoms with Crippen molar-refractivity contribution < 1.29 is 0 Å². The van der Waals surface area contributed by atoms with Crippen LogP contribution in [0.5, 0.6) is 0 Å². The summed E-state index contributed by atoms with van der Waals surface area (Å²) in [6.07, 6.45) is 2.69. The van der Waals surface area contributed by atoms with Crippen LogP contribution in [0, 0.1) is 23.7 Å². The maximum Gasteiger partial charge on any atom is 0.247 e. The van der Waals surface area contributed by atoms with Crippen LogP contribution in [0.3, 0.4) is 0 Å². The molecule has 7 rings (SSSR count). The van der Waals surface area contributed by atoms with Crippen molar-refractivity contribution in [3.05, 3.63) is 54.1 Å². The first-order valence-corrected chi connectivity index (χ1v) is 17.5. The lowest BCUT2D eigenvalue weighted by Crippen LogP contribution is -2.58. The van der Waals surface area contributed by atoms with Crippen LogP contribution in [-0.4, -0.2) is 32.9 Å². The molecule has 2 saturated heterocycles. The summed E-state index contributed by atoms with van der Waals surface area (Å²) in [5, 5.41) is 0. The number of anilines is 2. The Morgan fingerprint density at radius 2 is 1.02 bits per heavy atom. The predicted octanol–water partition coefficient (Wildman–Crippen LogP) is 7.39. The Balaban J connectivity index is 1.33. The van der Waals surface area contributed by atoms with Crippen molar-refractivity contribution in [3.8, 4) is 0 Å². The number of piperidine rings is 2. The zero-order valence-corrected chi connectivity index (χ0v) is 27.6. The van der Waals surface area contributed by atoms with Crippen molar-refractivity contribution in [1.82, 2.24) is 0 Å². The van der Waals surface area contributed by atoms with Gasteiger partial charge in [-0.05, 0) is 89.4 Å². The molecule has 0 aromatic heterocycles. The van der Waals surface area contributed by atoms with E-state index < -0.39 is 0 Å². The SMILES string of the molecule is CC1CC(C)CN(c2ccc3c(c2)Sc2cc(C(C)(C)C)cc4c2B3c2ccc(N3CC(C)CC(C)C3)cc2S4)C1. The van der Waals surface area contributed by atoms with Gasteiger partial charge in [-0.3, -0.25) is 0 Å². The third kappa shape index (κ3) is 5.14. The van der Waals surface area contributed by atoms with Crippen LogP contribution in [0.4, 0.5) is 11.4 Å². The van der Waals surface area contributed by atoms with E-state index in [1.165, 1.54) is 91.9 Å². The van der Waals surface area contributed by atoms with Gasteiger partial charge in [0.05, 0.1) is 0 Å². The number of fused-ring (bicyclic) bond motifs is 4. The van der Waals surface area contributed by atoms with Gasteiger partial charge in [0.1, 0.15) is 0 Å². The van der Waals surface area contributed by atoms with Crippen molar-refractivity contribution in [2.75, 3.05) is 36.0 Å². The minimum Gasteiger partial charge on any atom is -0.371 e. The lowest BCUT2D eigenvalue weighted by atomic mass is 9.36. The zero-order chi connectivity index (χ0) is 28.6. The molecule has 0 N–H and O–H groups in total. The highest BCUT2D eigenvalue weighted by Gasteiger charge is 2.39. The van der Waals surface area contributed by atoms with Crippen molar-refractivity contribution >= 4 is 58.0 Å². The summed E-state index contributed by atoms with van der Waals surface area (Å²) in [4.78, 5) is 11.1. The lowest BCUT2D eigenvalue weighted by Gasteiger charge is -2.39. The van der Waals surface area contributed by atoms with Crippen LogP contribution in [-0.2, 0) is 5.41 Å². The van der Waals surface area contributed by atoms with Crippen molar-refractivity contribution in [2.24, 2.45) is 23.7 Å². The van der Waals surface area contributed by atoms with E-state index in [9.17, 15) is 0 Å². The van der Waals surface area contributed by atoms with Crippen molar-refractivity contribution in [2.45, 2.75) is 86.3 Å². The summed E-state index contributed by atoms with van der Waals surface area (Å²) in [7, 11) is 0. The highest BCUT2D eigenvalue weighted by molar-refractivity contribution is 8.01. The molecular formula is C36H45BN2S2. The molecule has 214 valence electrons. The molecule has 0 saturated carbocycles. The van der Waals surface area contributed by atoms with E-state index in [1.807, 2.05) is 23.5 Å². The Morgan fingerprint density at radius 1 is 0.610 bits per heavy atom. The van der Waals surface area contributed by atoms with Gasteiger partial charge in [-0.1, -0.05) is 95.0 Å². The highest BCUT2D eigenvalue weighted by atomic mass is 32.2. The molecule has 0 radical (unpaired) electrons. The molecule has 3 aromatic rings. The number of benzene rings is 3. The van der Waals surface area contributed by atoms with Crippen LogP contribution in [0.25, 0.3) is 0 Å². The summed E-state index contributed by atoms with van der Waals surface area (Å²) in [5.41, 5.74) is 8.88. The second-order valence-electron chi connectivity index (χ2n) is 14.9. The van der Waals surface area contributed by atoms with Gasteiger partial charge >= 0.3 is 0 Å². The van der Waals surface area contributed by atoms with Crippen LogP contribution in [0.1, 0.15) is 66.9 Å². The van der Waals surface area contributed by atoms with E-state index in [1.54, 1.807) is 0 Å². The van der Waals surface area contributed by atoms with Gasteiger partial charge in [-0.25, -0.2) is 0 Å². The number of hydrogen-bond donors (Lipinski definition) is 0. The Bertz CT molecular complexity index is 1370. The summed E-state index contributed by atoms with van der Waals surface area (Å²) in [6, 6.07) is 19.8. The quantitative estimate of drug-likeness (QED) is 0.201. The molecule has 2 nitrogen and oxygen atoms in total. The first kappa shape index (κ1) is 27.8. The topological polar surface area (TPSA) is 6.48 Å². The van der Waals surface area contributed by atoms with Crippen LogP contribution >= 0.6 is 23.5 Å². The van der Waals surface area contributed by atoms with Crippen molar-refractivity contribution in [3.63, 3.8) is 0 Å². The van der Waals surface area contributed by atoms with Gasteiger partial charge in [-0.15, -0.1) is 0 Å². The van der Waals surface area contributed by atoms with E-state index in [2.05, 4.69) is 107 Å². The summed E-state index contributed by atoms with van der Waals surface area (Å²) in [5.74, 6) is 3.01. The molecule has 4 aliphatic rings. The largest absolute Gasteiger partial charge is 0.371 e. The highest BCUT2D eigenvalue weighted by Crippen LogP contribution is 2.43. The average molecular weight is 581 g/mol. The van der Waals surface area contributed by atoms with E-state index in [4.69, 9.17) is 0 Å². The molecule has 4 unspecified atom stereocenters. The minimum atomic E-state index is 0.118. The first-order chi connectivity index (χ1) is 19.5. The molecule has 0 aliphatic carbocycles. The van der Waals surface area contributed by atoms with Gasteiger partial charge < -0.3 is 9.80 Å². The molecule has 4 aliphatic heterocycles. The maximum absolute atomic E-state index is 2.64. The van der Waals surface area contributed by atoms with Gasteiger partial charge in [0.15, 0.2) is 0 Å². The normalized spacial score (nSPS) is 25.5. The Labute approximate surface area is 257 Å². The third-order valence-corrected chi connectivity index (χ3v) is 12.0. The number of nitrogens with zero attached hydrogens (tertiary/aromatic N) is 2. The molecule has 3 aromatic carbocycles. The third-order valence-electron chi connectivity index (χ3n) is 9.78.